The van der Waals surface area contributed by atoms with Crippen LogP contribution in [0.15, 0.2) is 35.3 Å². The van der Waals surface area contributed by atoms with E-state index in [1.807, 2.05) is 34.6 Å². The zero-order valence-electron chi connectivity index (χ0n) is 15.1. The average Bonchev–Trinajstić information content (AvgIpc) is 2.98. The molecule has 0 atom stereocenters. The lowest BCUT2D eigenvalue weighted by Crippen LogP contribution is -2.27. The lowest BCUT2D eigenvalue weighted by Gasteiger charge is -2.19. The molecule has 25 heavy (non-hydrogen) atoms. The third-order valence-electron chi connectivity index (χ3n) is 5.07. The Labute approximate surface area is 147 Å². The molecular weight excluding hydrogens is 312 g/mol. The molecular formula is C20H24N4O. The highest BCUT2D eigenvalue weighted by Gasteiger charge is 2.22. The Morgan fingerprint density at radius 1 is 1.08 bits per heavy atom. The Hall–Kier alpha value is -2.40. The molecule has 0 spiro atoms. The van der Waals surface area contributed by atoms with Crippen LogP contribution in [-0.4, -0.2) is 33.3 Å². The first-order valence-corrected chi connectivity index (χ1v) is 8.89. The van der Waals surface area contributed by atoms with Crippen molar-refractivity contribution in [1.29, 1.82) is 0 Å². The summed E-state index contributed by atoms with van der Waals surface area (Å²) in [5, 5.41) is 5.56. The first kappa shape index (κ1) is 16.1. The smallest absolute Gasteiger partial charge is 0.260 e. The normalized spacial score (nSPS) is 14.2. The number of aryl methyl sites for hydroxylation is 2. The van der Waals surface area contributed by atoms with E-state index in [0.29, 0.717) is 0 Å². The fourth-order valence-corrected chi connectivity index (χ4v) is 3.93. The lowest BCUT2D eigenvalue weighted by molar-refractivity contribution is 0.402. The van der Waals surface area contributed by atoms with Crippen molar-refractivity contribution in [3.8, 4) is 5.69 Å². The summed E-state index contributed by atoms with van der Waals surface area (Å²) in [6.07, 6.45) is 6.01. The summed E-state index contributed by atoms with van der Waals surface area (Å²) in [7, 11) is 6.02. The second-order valence-electron chi connectivity index (χ2n) is 7.21. The summed E-state index contributed by atoms with van der Waals surface area (Å²) >= 11 is 0. The summed E-state index contributed by atoms with van der Waals surface area (Å²) in [6, 6.07) is 8.29. The fourth-order valence-electron chi connectivity index (χ4n) is 3.93. The Morgan fingerprint density at radius 3 is 2.44 bits per heavy atom. The van der Waals surface area contributed by atoms with Crippen molar-refractivity contribution < 1.29 is 0 Å². The number of nitrogens with zero attached hydrogens (tertiary/aromatic N) is 4. The topological polar surface area (TPSA) is 43.1 Å². The van der Waals surface area contributed by atoms with Gasteiger partial charge in [-0.3, -0.25) is 14.0 Å². The molecule has 3 aromatic rings. The van der Waals surface area contributed by atoms with Crippen LogP contribution in [0.4, 0.5) is 0 Å². The third kappa shape index (κ3) is 2.68. The monoisotopic (exact) mass is 336 g/mol. The van der Waals surface area contributed by atoms with E-state index < -0.39 is 0 Å². The molecule has 1 aliphatic rings. The summed E-state index contributed by atoms with van der Waals surface area (Å²) in [4.78, 5) is 15.4. The van der Waals surface area contributed by atoms with Gasteiger partial charge in [0.05, 0.1) is 11.9 Å². The highest BCUT2D eigenvalue weighted by atomic mass is 16.1. The van der Waals surface area contributed by atoms with E-state index in [-0.39, 0.29) is 5.56 Å². The van der Waals surface area contributed by atoms with Gasteiger partial charge in [-0.1, -0.05) is 12.1 Å². The molecule has 0 amide bonds. The molecule has 0 saturated carbocycles. The molecule has 5 nitrogen and oxygen atoms in total. The van der Waals surface area contributed by atoms with E-state index in [2.05, 4.69) is 36.2 Å². The highest BCUT2D eigenvalue weighted by molar-refractivity contribution is 5.82. The Morgan fingerprint density at radius 2 is 1.76 bits per heavy atom. The van der Waals surface area contributed by atoms with Crippen LogP contribution >= 0.6 is 0 Å². The van der Waals surface area contributed by atoms with E-state index in [9.17, 15) is 4.79 Å². The van der Waals surface area contributed by atoms with Gasteiger partial charge in [-0.15, -0.1) is 0 Å². The zero-order chi connectivity index (χ0) is 17.6. The number of fused-ring (bicyclic) bond motifs is 3. The molecule has 5 heteroatoms. The molecule has 1 aliphatic carbocycles. The minimum absolute atomic E-state index is 0.117. The second kappa shape index (κ2) is 6.15. The summed E-state index contributed by atoms with van der Waals surface area (Å²) in [5.74, 6) is 0. The van der Waals surface area contributed by atoms with Gasteiger partial charge in [0.2, 0.25) is 0 Å². The maximum absolute atomic E-state index is 13.3. The molecule has 2 aromatic heterocycles. The number of aromatic nitrogens is 3. The molecule has 0 saturated heterocycles. The molecule has 0 N–H and O–H groups in total. The fraction of sp³-hybridized carbons (Fsp3) is 0.400. The molecule has 130 valence electrons. The van der Waals surface area contributed by atoms with Gasteiger partial charge in [-0.25, -0.2) is 0 Å². The van der Waals surface area contributed by atoms with E-state index in [4.69, 9.17) is 0 Å². The Bertz CT molecular complexity index is 980. The van der Waals surface area contributed by atoms with E-state index in [1.165, 1.54) is 11.1 Å². The maximum atomic E-state index is 13.3. The van der Waals surface area contributed by atoms with E-state index >= 15 is 0 Å². The number of hydrogen-bond donors (Lipinski definition) is 0. The van der Waals surface area contributed by atoms with Gasteiger partial charge in [0.25, 0.3) is 5.56 Å². The molecule has 2 heterocycles. The van der Waals surface area contributed by atoms with Gasteiger partial charge in [0.15, 0.2) is 0 Å². The largest absolute Gasteiger partial charge is 0.305 e. The second-order valence-corrected chi connectivity index (χ2v) is 7.21. The average molecular weight is 336 g/mol. The van der Waals surface area contributed by atoms with Gasteiger partial charge in [-0.2, -0.15) is 5.10 Å². The van der Waals surface area contributed by atoms with Crippen LogP contribution in [0, 0.1) is 0 Å². The number of hydrogen-bond acceptors (Lipinski definition) is 3. The molecule has 1 aromatic carbocycles. The molecule has 0 unspecified atom stereocenters. The van der Waals surface area contributed by atoms with Crippen LogP contribution in [0.25, 0.3) is 16.7 Å². The van der Waals surface area contributed by atoms with Gasteiger partial charge in [0, 0.05) is 24.5 Å². The molecule has 0 aliphatic heterocycles. The first-order chi connectivity index (χ1) is 12.1. The summed E-state index contributed by atoms with van der Waals surface area (Å²) in [5.41, 5.74) is 5.34. The van der Waals surface area contributed by atoms with Crippen LogP contribution in [-0.2, 0) is 26.4 Å². The highest BCUT2D eigenvalue weighted by Crippen LogP contribution is 2.27. The van der Waals surface area contributed by atoms with Crippen molar-refractivity contribution in [3.63, 3.8) is 0 Å². The van der Waals surface area contributed by atoms with Crippen molar-refractivity contribution in [1.82, 2.24) is 19.2 Å². The lowest BCUT2D eigenvalue weighted by atomic mass is 9.91. The minimum Gasteiger partial charge on any atom is -0.305 e. The number of pyridine rings is 1. The van der Waals surface area contributed by atoms with Crippen LogP contribution < -0.4 is 5.56 Å². The van der Waals surface area contributed by atoms with Crippen molar-refractivity contribution in [2.24, 2.45) is 7.05 Å². The van der Waals surface area contributed by atoms with E-state index in [0.717, 1.165) is 54.5 Å². The van der Waals surface area contributed by atoms with E-state index in [1.54, 1.807) is 0 Å². The van der Waals surface area contributed by atoms with Crippen LogP contribution in [0.2, 0.25) is 0 Å². The maximum Gasteiger partial charge on any atom is 0.260 e. The first-order valence-electron chi connectivity index (χ1n) is 8.89. The summed E-state index contributed by atoms with van der Waals surface area (Å²) < 4.78 is 3.66. The number of benzene rings is 1. The molecule has 4 rings (SSSR count). The van der Waals surface area contributed by atoms with Gasteiger partial charge in [0.1, 0.15) is 5.65 Å². The molecule has 0 fully saturated rings. The zero-order valence-corrected chi connectivity index (χ0v) is 15.1. The standard InChI is InChI=1S/C20H24N4O/c1-22(2)13-14-8-10-15(11-9-14)24-19-18(12-21-23(19)3)16-6-4-5-7-17(16)20(24)25/h8-12H,4-7,13H2,1-3H3. The predicted molar refractivity (Wildman–Crippen MR) is 100 cm³/mol. The van der Waals surface area contributed by atoms with Crippen molar-refractivity contribution in [2.75, 3.05) is 14.1 Å². The molecule has 0 bridgehead atoms. The van der Waals surface area contributed by atoms with Crippen molar-refractivity contribution in [3.05, 3.63) is 57.5 Å². The quantitative estimate of drug-likeness (QED) is 0.738. The van der Waals surface area contributed by atoms with Crippen LogP contribution in [0.1, 0.15) is 29.5 Å². The Balaban J connectivity index is 1.94. The minimum atomic E-state index is 0.117. The Kier molecular flexibility index (Phi) is 3.96. The van der Waals surface area contributed by atoms with Crippen molar-refractivity contribution >= 4 is 11.0 Å². The predicted octanol–water partition coefficient (Wildman–Crippen LogP) is 2.66. The van der Waals surface area contributed by atoms with Gasteiger partial charge in [-0.05, 0) is 63.0 Å². The SMILES string of the molecule is CN(C)Cc1ccc(-n2c(=O)c3c(c4cnn(C)c42)CCCC3)cc1. The van der Waals surface area contributed by atoms with Crippen molar-refractivity contribution in [2.45, 2.75) is 32.2 Å². The van der Waals surface area contributed by atoms with Gasteiger partial charge < -0.3 is 4.90 Å². The number of rotatable bonds is 3. The van der Waals surface area contributed by atoms with Gasteiger partial charge >= 0.3 is 0 Å². The third-order valence-corrected chi connectivity index (χ3v) is 5.07. The molecule has 0 radical (unpaired) electrons. The summed E-state index contributed by atoms with van der Waals surface area (Å²) in [6.45, 7) is 0.889. The van der Waals surface area contributed by atoms with Crippen LogP contribution in [0.3, 0.4) is 0 Å². The van der Waals surface area contributed by atoms with Crippen LogP contribution in [0.5, 0.6) is 0 Å².